The Morgan fingerprint density at radius 1 is 0.581 bits per heavy atom. The van der Waals surface area contributed by atoms with Gasteiger partial charge in [-0.25, -0.2) is 0 Å². The Hall–Kier alpha value is -2.40. The van der Waals surface area contributed by atoms with E-state index in [0.717, 1.165) is 5.69 Å². The van der Waals surface area contributed by atoms with Crippen molar-refractivity contribution < 1.29 is 16.5 Å². The summed E-state index contributed by atoms with van der Waals surface area (Å²) in [4.78, 5) is 0. The monoisotopic (exact) mass is 468 g/mol. The zero-order valence-electron chi connectivity index (χ0n) is 18.2. The van der Waals surface area contributed by atoms with Gasteiger partial charge in [-0.1, -0.05) is 96.1 Å². The van der Waals surface area contributed by atoms with Crippen LogP contribution in [0.2, 0.25) is 0 Å². The summed E-state index contributed by atoms with van der Waals surface area (Å²) < 4.78 is 0. The molecule has 3 heteroatoms. The van der Waals surface area contributed by atoms with E-state index >= 15 is 0 Å². The minimum Gasteiger partial charge on any atom is -0.645 e. The van der Waals surface area contributed by atoms with Gasteiger partial charge in [0, 0.05) is 5.78 Å². The molecule has 0 saturated heterocycles. The van der Waals surface area contributed by atoms with Crippen LogP contribution in [0, 0.1) is 21.3 Å². The van der Waals surface area contributed by atoms with E-state index in [0.29, 0.717) is 0 Å². The number of rotatable bonds is 6. The summed E-state index contributed by atoms with van der Waals surface area (Å²) >= 11 is 0. The zero-order chi connectivity index (χ0) is 20.1. The fourth-order valence-electron chi connectivity index (χ4n) is 3.80. The van der Waals surface area contributed by atoms with Crippen molar-refractivity contribution in [2.45, 2.75) is 19.6 Å². The second kappa shape index (κ2) is 11.8. The van der Waals surface area contributed by atoms with Gasteiger partial charge < -0.3 is 12.7 Å². The van der Waals surface area contributed by atoms with E-state index in [-0.39, 0.29) is 29.7 Å². The molecule has 4 aromatic rings. The topological polar surface area (TPSA) is 14.1 Å². The molecule has 0 aliphatic rings. The van der Waals surface area contributed by atoms with Crippen LogP contribution in [0.3, 0.4) is 0 Å². The van der Waals surface area contributed by atoms with Crippen molar-refractivity contribution in [1.82, 2.24) is 0 Å². The van der Waals surface area contributed by atoms with Crippen LogP contribution in [0.15, 0.2) is 109 Å². The quantitative estimate of drug-likeness (QED) is 0.160. The number of aryl methyl sites for hydroxylation is 2. The van der Waals surface area contributed by atoms with E-state index in [4.69, 9.17) is 5.32 Å². The summed E-state index contributed by atoms with van der Waals surface area (Å²) in [6, 6.07) is 39.0. The van der Waals surface area contributed by atoms with E-state index in [9.17, 15) is 0 Å². The first-order chi connectivity index (χ1) is 14.2. The normalized spacial score (nSPS) is 11.2. The van der Waals surface area contributed by atoms with Gasteiger partial charge in [0.1, 0.15) is 0 Å². The predicted molar refractivity (Wildman–Crippen MR) is 135 cm³/mol. The second-order valence-corrected chi connectivity index (χ2v) is 9.86. The molecule has 1 unspecified atom stereocenters. The molecule has 1 atom stereocenters. The summed E-state index contributed by atoms with van der Waals surface area (Å²) in [6.07, 6.45) is 0. The third-order valence-corrected chi connectivity index (χ3v) is 8.18. The van der Waals surface area contributed by atoms with E-state index in [1.165, 1.54) is 27.3 Å². The molecular weight excluding hydrogens is 440 g/mol. The standard InChI is InChI=1S/C27H25NP.CH3.Ni/c1-21-13-12-14-22(2)26(21)28-27(23-15-6-3-7-16-23)29(24-17-8-4-9-18-24)25-19-10-5-11-20-25;;/h3-20,27H,1-2H3;1H3;/q2*-1;+2/p+1. The fraction of sp³-hybridized carbons (Fsp3) is 0.107. The zero-order valence-corrected chi connectivity index (χ0v) is 20.2. The molecule has 160 valence electrons. The molecule has 0 aliphatic heterocycles. The second-order valence-electron chi connectivity index (χ2n) is 7.33. The molecule has 4 aromatic carbocycles. The minimum absolute atomic E-state index is 0. The third-order valence-electron chi connectivity index (χ3n) is 5.26. The molecule has 0 fully saturated rings. The van der Waals surface area contributed by atoms with E-state index < -0.39 is 7.92 Å². The molecule has 0 heterocycles. The van der Waals surface area contributed by atoms with Crippen molar-refractivity contribution in [3.63, 3.8) is 0 Å². The maximum absolute atomic E-state index is 5.43. The third kappa shape index (κ3) is 5.85. The number of hydrogen-bond donors (Lipinski definition) is 0. The summed E-state index contributed by atoms with van der Waals surface area (Å²) in [7, 11) is -1.19. The Kier molecular flexibility index (Phi) is 9.51. The molecule has 1 nitrogen and oxygen atoms in total. The number of hydrogen-bond acceptors (Lipinski definition) is 0. The van der Waals surface area contributed by atoms with Gasteiger partial charge in [-0.3, -0.25) is 0 Å². The average Bonchev–Trinajstić information content (AvgIpc) is 2.77. The van der Waals surface area contributed by atoms with Crippen LogP contribution in [0.25, 0.3) is 5.32 Å². The van der Waals surface area contributed by atoms with Gasteiger partial charge in [0.15, 0.2) is 0 Å². The summed E-state index contributed by atoms with van der Waals surface area (Å²) in [5.41, 5.74) is 4.86. The van der Waals surface area contributed by atoms with Crippen LogP contribution in [0.1, 0.15) is 22.5 Å². The van der Waals surface area contributed by atoms with Crippen LogP contribution < -0.4 is 10.6 Å². The van der Waals surface area contributed by atoms with Gasteiger partial charge in [-0.15, -0.1) is 5.69 Å². The molecule has 0 bridgehead atoms. The molecular formula is C28H29NNiP+. The molecule has 0 N–H and O–H groups in total. The van der Waals surface area contributed by atoms with Gasteiger partial charge in [0.2, 0.25) is 0 Å². The largest absolute Gasteiger partial charge is 2.00 e. The van der Waals surface area contributed by atoms with E-state index in [1.54, 1.807) is 0 Å². The molecule has 31 heavy (non-hydrogen) atoms. The van der Waals surface area contributed by atoms with Gasteiger partial charge in [0.05, 0.1) is 18.5 Å². The summed E-state index contributed by atoms with van der Waals surface area (Å²) in [6.45, 7) is 4.32. The van der Waals surface area contributed by atoms with Crippen molar-refractivity contribution in [3.05, 3.63) is 139 Å². The van der Waals surface area contributed by atoms with Crippen LogP contribution >= 0.6 is 7.92 Å². The first-order valence-corrected chi connectivity index (χ1v) is 11.6. The predicted octanol–water partition coefficient (Wildman–Crippen LogP) is 7.32. The molecule has 0 aliphatic carbocycles. The van der Waals surface area contributed by atoms with Gasteiger partial charge in [0.25, 0.3) is 0 Å². The van der Waals surface area contributed by atoms with Gasteiger partial charge in [-0.05, 0) is 43.7 Å². The Balaban J connectivity index is 0.00000171. The number of para-hydroxylation sites is 1. The van der Waals surface area contributed by atoms with Crippen molar-refractivity contribution in [3.8, 4) is 0 Å². The SMILES string of the molecule is Cc1cccc(C)c1[N-]C(c1ccccc1)[PH+](c1ccccc1)c1ccccc1.[CH3-].[Ni+2]. The number of benzene rings is 4. The van der Waals surface area contributed by atoms with Crippen molar-refractivity contribution in [2.24, 2.45) is 0 Å². The van der Waals surface area contributed by atoms with E-state index in [2.05, 4.69) is 123 Å². The summed E-state index contributed by atoms with van der Waals surface area (Å²) in [5.74, 6) is 0.0887. The molecule has 0 aromatic heterocycles. The molecule has 4 rings (SSSR count). The van der Waals surface area contributed by atoms with E-state index in [1.807, 2.05) is 0 Å². The summed E-state index contributed by atoms with van der Waals surface area (Å²) in [5, 5.41) is 8.19. The molecule has 0 spiro atoms. The minimum atomic E-state index is -1.19. The Morgan fingerprint density at radius 2 is 1.00 bits per heavy atom. The van der Waals surface area contributed by atoms with Crippen molar-refractivity contribution in [2.75, 3.05) is 0 Å². The Labute approximate surface area is 198 Å². The Morgan fingerprint density at radius 3 is 1.45 bits per heavy atom. The molecule has 0 radical (unpaired) electrons. The van der Waals surface area contributed by atoms with Crippen molar-refractivity contribution >= 4 is 24.2 Å². The molecule has 0 amide bonds. The fourth-order valence-corrected chi connectivity index (χ4v) is 6.65. The van der Waals surface area contributed by atoms with Gasteiger partial charge >= 0.3 is 16.5 Å². The first kappa shape index (κ1) is 24.9. The van der Waals surface area contributed by atoms with Crippen LogP contribution in [-0.4, -0.2) is 0 Å². The first-order valence-electron chi connectivity index (χ1n) is 10.0. The smallest absolute Gasteiger partial charge is 0.645 e. The van der Waals surface area contributed by atoms with Crippen LogP contribution in [0.4, 0.5) is 5.69 Å². The van der Waals surface area contributed by atoms with Crippen LogP contribution in [-0.2, 0) is 16.5 Å². The maximum Gasteiger partial charge on any atom is 2.00 e. The maximum atomic E-state index is 5.43. The number of nitrogens with zero attached hydrogens (tertiary/aromatic N) is 1. The molecule has 0 saturated carbocycles. The Bertz CT molecular complexity index is 992. The van der Waals surface area contributed by atoms with Crippen LogP contribution in [0.5, 0.6) is 0 Å². The van der Waals surface area contributed by atoms with Gasteiger partial charge in [-0.2, -0.15) is 0 Å². The average molecular weight is 469 g/mol. The van der Waals surface area contributed by atoms with Crippen molar-refractivity contribution in [1.29, 1.82) is 0 Å².